The number of rotatable bonds is 9. The van der Waals surface area contributed by atoms with Gasteiger partial charge in [-0.15, -0.1) is 0 Å². The molecule has 11 heteroatoms. The van der Waals surface area contributed by atoms with Crippen molar-refractivity contribution < 1.29 is 48.2 Å². The molecule has 2 fully saturated rings. The monoisotopic (exact) mass is 587 g/mol. The van der Waals surface area contributed by atoms with E-state index in [9.17, 15) is 19.8 Å². The van der Waals surface area contributed by atoms with Crippen LogP contribution in [0.5, 0.6) is 0 Å². The van der Waals surface area contributed by atoms with Gasteiger partial charge in [-0.25, -0.2) is 4.79 Å². The van der Waals surface area contributed by atoms with Crippen LogP contribution in [0.4, 0.5) is 0 Å². The second kappa shape index (κ2) is 12.0. The molecule has 11 nitrogen and oxygen atoms in total. The highest BCUT2D eigenvalue weighted by Crippen LogP contribution is 2.62. The minimum absolute atomic E-state index is 0.0336. The van der Waals surface area contributed by atoms with Crippen molar-refractivity contribution in [1.29, 1.82) is 0 Å². The minimum atomic E-state index is -1.20. The first-order chi connectivity index (χ1) is 20.1. The summed E-state index contributed by atoms with van der Waals surface area (Å²) in [5.41, 5.74) is -0.165. The standard InChI is InChI=1S/C31H41NO10/c1-15-12-16(2)31-20(23(17(3)39-6)30(36)40-26(15)22(33)14-38-5)10-9-18-24(31)25(34)19(13-37-4)27(28(18)42-31)41-29(35)21-8-7-11-32-21/h7-12,15,18-20,22-28,32-34H,3,13-14H2,1-2,4-6H3. The molecule has 230 valence electrons. The first-order valence-corrected chi connectivity index (χ1v) is 14.3. The summed E-state index contributed by atoms with van der Waals surface area (Å²) in [6, 6.07) is 3.32. The third-order valence-corrected chi connectivity index (χ3v) is 9.47. The normalized spacial score (nSPS) is 39.6. The third-order valence-electron chi connectivity index (χ3n) is 9.47. The molecular weight excluding hydrogens is 546 g/mol. The van der Waals surface area contributed by atoms with Gasteiger partial charge in [0, 0.05) is 50.0 Å². The van der Waals surface area contributed by atoms with Crippen LogP contribution >= 0.6 is 0 Å². The Bertz CT molecular complexity index is 1230. The van der Waals surface area contributed by atoms with Crippen LogP contribution in [0, 0.1) is 35.5 Å². The van der Waals surface area contributed by atoms with E-state index in [1.54, 1.807) is 18.3 Å². The van der Waals surface area contributed by atoms with Gasteiger partial charge in [-0.2, -0.15) is 0 Å². The van der Waals surface area contributed by atoms with Crippen molar-refractivity contribution >= 4 is 11.9 Å². The Kier molecular flexibility index (Phi) is 8.69. The lowest BCUT2D eigenvalue weighted by atomic mass is 9.56. The van der Waals surface area contributed by atoms with Crippen molar-refractivity contribution in [2.24, 2.45) is 35.5 Å². The van der Waals surface area contributed by atoms with Gasteiger partial charge in [-0.1, -0.05) is 31.7 Å². The van der Waals surface area contributed by atoms with Gasteiger partial charge in [0.15, 0.2) is 0 Å². The molecule has 5 rings (SSSR count). The number of hydrogen-bond acceptors (Lipinski definition) is 10. The van der Waals surface area contributed by atoms with Gasteiger partial charge < -0.3 is 43.6 Å². The average Bonchev–Trinajstić information content (AvgIpc) is 3.56. The summed E-state index contributed by atoms with van der Waals surface area (Å²) in [5, 5.41) is 22.9. The Morgan fingerprint density at radius 3 is 2.64 bits per heavy atom. The Morgan fingerprint density at radius 2 is 2.00 bits per heavy atom. The number of carbonyl (C=O) groups excluding carboxylic acids is 2. The maximum Gasteiger partial charge on any atom is 0.355 e. The predicted molar refractivity (Wildman–Crippen MR) is 149 cm³/mol. The van der Waals surface area contributed by atoms with E-state index in [4.69, 9.17) is 28.4 Å². The maximum absolute atomic E-state index is 13.9. The van der Waals surface area contributed by atoms with Crippen LogP contribution in [0.15, 0.2) is 54.5 Å². The van der Waals surface area contributed by atoms with Gasteiger partial charge >= 0.3 is 11.9 Å². The molecule has 12 unspecified atom stereocenters. The molecule has 42 heavy (non-hydrogen) atoms. The molecule has 0 radical (unpaired) electrons. The molecule has 3 heterocycles. The number of esters is 2. The SMILES string of the molecule is C=C(OC)C1C(=O)OC(C(O)COC)C(C)C=C(C)C23OC4C(C=CC12)C3C(O)C(COC)C4OC(=O)c1ccc[nH]1. The number of cyclic esters (lactones) is 1. The molecule has 1 saturated heterocycles. The molecule has 0 aromatic carbocycles. The first-order valence-electron chi connectivity index (χ1n) is 14.3. The zero-order chi connectivity index (χ0) is 30.3. The number of carbonyl (C=O) groups is 2. The van der Waals surface area contributed by atoms with Crippen molar-refractivity contribution in [3.63, 3.8) is 0 Å². The minimum Gasteiger partial charge on any atom is -0.501 e. The van der Waals surface area contributed by atoms with E-state index in [-0.39, 0.29) is 30.6 Å². The Morgan fingerprint density at radius 1 is 1.24 bits per heavy atom. The third kappa shape index (κ3) is 4.81. The quantitative estimate of drug-likeness (QED) is 0.223. The second-order valence-electron chi connectivity index (χ2n) is 11.7. The van der Waals surface area contributed by atoms with E-state index in [1.165, 1.54) is 21.3 Å². The molecule has 2 aliphatic carbocycles. The van der Waals surface area contributed by atoms with E-state index >= 15 is 0 Å². The number of hydrogen-bond donors (Lipinski definition) is 3. The lowest BCUT2D eigenvalue weighted by Gasteiger charge is -2.49. The van der Waals surface area contributed by atoms with Gasteiger partial charge in [-0.05, 0) is 24.6 Å². The summed E-state index contributed by atoms with van der Waals surface area (Å²) < 4.78 is 35.2. The van der Waals surface area contributed by atoms with Gasteiger partial charge in [0.1, 0.15) is 47.4 Å². The first kappa shape index (κ1) is 30.5. The number of nitrogens with one attached hydrogen (secondary N) is 1. The van der Waals surface area contributed by atoms with Crippen LogP contribution in [0.1, 0.15) is 24.3 Å². The van der Waals surface area contributed by atoms with E-state index in [0.717, 1.165) is 5.57 Å². The molecule has 4 aliphatic rings. The lowest BCUT2D eigenvalue weighted by Crippen LogP contribution is -2.59. The highest BCUT2D eigenvalue weighted by atomic mass is 16.6. The van der Waals surface area contributed by atoms with Gasteiger partial charge in [0.25, 0.3) is 0 Å². The second-order valence-corrected chi connectivity index (χ2v) is 11.7. The number of aromatic amines is 1. The molecule has 2 aliphatic heterocycles. The smallest absolute Gasteiger partial charge is 0.355 e. The molecule has 1 aromatic rings. The maximum atomic E-state index is 13.9. The van der Waals surface area contributed by atoms with Crippen molar-refractivity contribution in [3.05, 3.63) is 60.2 Å². The van der Waals surface area contributed by atoms with Crippen molar-refractivity contribution in [1.82, 2.24) is 4.98 Å². The van der Waals surface area contributed by atoms with Crippen molar-refractivity contribution in [2.75, 3.05) is 34.5 Å². The highest BCUT2D eigenvalue weighted by molar-refractivity contribution is 5.87. The van der Waals surface area contributed by atoms with Crippen LogP contribution in [0.2, 0.25) is 0 Å². The Labute approximate surface area is 245 Å². The molecule has 1 spiro atoms. The van der Waals surface area contributed by atoms with Crippen LogP contribution in [0.3, 0.4) is 0 Å². The van der Waals surface area contributed by atoms with Gasteiger partial charge in [0.05, 0.1) is 26.4 Å². The molecule has 3 N–H and O–H groups in total. The zero-order valence-electron chi connectivity index (χ0n) is 24.6. The van der Waals surface area contributed by atoms with Crippen LogP contribution in [0.25, 0.3) is 0 Å². The summed E-state index contributed by atoms with van der Waals surface area (Å²) in [7, 11) is 4.42. The molecule has 1 saturated carbocycles. The van der Waals surface area contributed by atoms with E-state index < -0.39 is 77.6 Å². The van der Waals surface area contributed by atoms with E-state index in [1.807, 2.05) is 32.1 Å². The van der Waals surface area contributed by atoms with E-state index in [2.05, 4.69) is 11.6 Å². The van der Waals surface area contributed by atoms with Gasteiger partial charge in [-0.3, -0.25) is 4.79 Å². The molecule has 4 bridgehead atoms. The van der Waals surface area contributed by atoms with Crippen molar-refractivity contribution in [3.8, 4) is 0 Å². The number of aliphatic hydroxyl groups excluding tert-OH is 2. The van der Waals surface area contributed by atoms with Crippen LogP contribution in [-0.2, 0) is 33.2 Å². The molecular formula is C31H41NO10. The number of ether oxygens (including phenoxy) is 6. The molecule has 12 atom stereocenters. The average molecular weight is 588 g/mol. The molecule has 0 amide bonds. The summed E-state index contributed by atoms with van der Waals surface area (Å²) in [6.45, 7) is 7.87. The Balaban J connectivity index is 1.64. The number of aromatic nitrogens is 1. The predicted octanol–water partition coefficient (Wildman–Crippen LogP) is 2.02. The summed E-state index contributed by atoms with van der Waals surface area (Å²) >= 11 is 0. The summed E-state index contributed by atoms with van der Waals surface area (Å²) in [5.74, 6) is -4.62. The topological polar surface area (TPSA) is 146 Å². The lowest BCUT2D eigenvalue weighted by molar-refractivity contribution is -0.170. The van der Waals surface area contributed by atoms with Crippen molar-refractivity contribution in [2.45, 2.75) is 50.0 Å². The highest BCUT2D eigenvalue weighted by Gasteiger charge is 2.71. The molecule has 1 aromatic heterocycles. The zero-order valence-corrected chi connectivity index (χ0v) is 24.6. The van der Waals surface area contributed by atoms with Crippen LogP contribution < -0.4 is 0 Å². The van der Waals surface area contributed by atoms with Gasteiger partial charge in [0.2, 0.25) is 0 Å². The number of H-pyrrole nitrogens is 1. The number of methoxy groups -OCH3 is 3. The fourth-order valence-electron chi connectivity index (χ4n) is 7.66. The van der Waals surface area contributed by atoms with Crippen LogP contribution in [-0.4, -0.2) is 97.8 Å². The summed E-state index contributed by atoms with van der Waals surface area (Å²) in [4.78, 5) is 29.9. The summed E-state index contributed by atoms with van der Waals surface area (Å²) in [6.07, 6.45) is 2.88. The largest absolute Gasteiger partial charge is 0.501 e. The number of aliphatic hydroxyl groups is 2. The van der Waals surface area contributed by atoms with E-state index in [0.29, 0.717) is 0 Å². The Hall–Kier alpha value is -2.96. The fraction of sp³-hybridized carbons (Fsp3) is 0.613. The fourth-order valence-corrected chi connectivity index (χ4v) is 7.66.